The fourth-order valence-corrected chi connectivity index (χ4v) is 2.03. The maximum Gasteiger partial charge on any atom is 0.230 e. The van der Waals surface area contributed by atoms with Crippen LogP contribution in [-0.4, -0.2) is 24.8 Å². The number of anilines is 2. The third kappa shape index (κ3) is 2.03. The monoisotopic (exact) mass is 248 g/mol. The van der Waals surface area contributed by atoms with Crippen LogP contribution in [0.15, 0.2) is 12.1 Å². The number of carbonyl (C=O) groups is 2. The first-order valence-electron chi connectivity index (χ1n) is 5.78. The van der Waals surface area contributed by atoms with Crippen LogP contribution in [0.4, 0.5) is 11.4 Å². The molecule has 0 saturated heterocycles. The summed E-state index contributed by atoms with van der Waals surface area (Å²) in [5.41, 5.74) is 7.18. The van der Waals surface area contributed by atoms with Crippen LogP contribution in [0.1, 0.15) is 30.6 Å². The SMILES string of the molecule is CC(=O)c1cc(N)cc2c1OC(C)CC(=O)N2C. The molecule has 1 amide bonds. The number of nitrogens with two attached hydrogens (primary N) is 1. The molecule has 1 atom stereocenters. The van der Waals surface area contributed by atoms with E-state index >= 15 is 0 Å². The average molecular weight is 248 g/mol. The Morgan fingerprint density at radius 1 is 1.50 bits per heavy atom. The van der Waals surface area contributed by atoms with Gasteiger partial charge in [0.05, 0.1) is 17.7 Å². The third-order valence-electron chi connectivity index (χ3n) is 2.99. The molecule has 96 valence electrons. The number of ether oxygens (including phenoxy) is 1. The molecule has 1 aromatic carbocycles. The smallest absolute Gasteiger partial charge is 0.230 e. The van der Waals surface area contributed by atoms with Gasteiger partial charge < -0.3 is 15.4 Å². The molecule has 1 aliphatic heterocycles. The lowest BCUT2D eigenvalue weighted by atomic mass is 10.1. The Morgan fingerprint density at radius 3 is 2.78 bits per heavy atom. The zero-order valence-corrected chi connectivity index (χ0v) is 10.7. The van der Waals surface area contributed by atoms with Crippen LogP contribution in [-0.2, 0) is 4.79 Å². The molecule has 1 aliphatic rings. The Kier molecular flexibility index (Phi) is 2.98. The van der Waals surface area contributed by atoms with Crippen LogP contribution in [0.3, 0.4) is 0 Å². The molecule has 1 aromatic rings. The van der Waals surface area contributed by atoms with Crippen molar-refractivity contribution in [2.45, 2.75) is 26.4 Å². The van der Waals surface area contributed by atoms with Gasteiger partial charge in [-0.05, 0) is 26.0 Å². The van der Waals surface area contributed by atoms with Crippen molar-refractivity contribution in [1.29, 1.82) is 0 Å². The largest absolute Gasteiger partial charge is 0.487 e. The fraction of sp³-hybridized carbons (Fsp3) is 0.385. The molecule has 2 rings (SSSR count). The van der Waals surface area contributed by atoms with Crippen molar-refractivity contribution in [3.8, 4) is 5.75 Å². The normalized spacial score (nSPS) is 18.9. The Bertz CT molecular complexity index is 525. The molecule has 0 fully saturated rings. The summed E-state index contributed by atoms with van der Waals surface area (Å²) >= 11 is 0. The van der Waals surface area contributed by atoms with Crippen LogP contribution >= 0.6 is 0 Å². The fourth-order valence-electron chi connectivity index (χ4n) is 2.03. The van der Waals surface area contributed by atoms with Gasteiger partial charge in [-0.1, -0.05) is 0 Å². The zero-order valence-electron chi connectivity index (χ0n) is 10.7. The highest BCUT2D eigenvalue weighted by Gasteiger charge is 2.27. The molecule has 18 heavy (non-hydrogen) atoms. The van der Waals surface area contributed by atoms with Crippen molar-refractivity contribution in [3.63, 3.8) is 0 Å². The van der Waals surface area contributed by atoms with Gasteiger partial charge in [-0.2, -0.15) is 0 Å². The first-order chi connectivity index (χ1) is 8.40. The molecule has 0 saturated carbocycles. The zero-order chi connectivity index (χ0) is 13.4. The number of amides is 1. The molecular weight excluding hydrogens is 232 g/mol. The van der Waals surface area contributed by atoms with Crippen LogP contribution in [0.2, 0.25) is 0 Å². The van der Waals surface area contributed by atoms with E-state index in [1.165, 1.54) is 11.8 Å². The average Bonchev–Trinajstić information content (AvgIpc) is 2.38. The van der Waals surface area contributed by atoms with Gasteiger partial charge in [0.1, 0.15) is 6.10 Å². The van der Waals surface area contributed by atoms with Crippen molar-refractivity contribution in [3.05, 3.63) is 17.7 Å². The number of nitrogen functional groups attached to an aromatic ring is 1. The lowest BCUT2D eigenvalue weighted by Gasteiger charge is -2.18. The lowest BCUT2D eigenvalue weighted by Crippen LogP contribution is -2.27. The second-order valence-electron chi connectivity index (χ2n) is 4.56. The van der Waals surface area contributed by atoms with E-state index in [1.54, 1.807) is 26.1 Å². The number of rotatable bonds is 1. The summed E-state index contributed by atoms with van der Waals surface area (Å²) < 4.78 is 5.71. The van der Waals surface area contributed by atoms with Gasteiger partial charge in [0.15, 0.2) is 11.5 Å². The predicted octanol–water partition coefficient (Wildman–Crippen LogP) is 1.61. The van der Waals surface area contributed by atoms with Gasteiger partial charge >= 0.3 is 0 Å². The number of fused-ring (bicyclic) bond motifs is 1. The van der Waals surface area contributed by atoms with Gasteiger partial charge in [0.2, 0.25) is 5.91 Å². The van der Waals surface area contributed by atoms with Gasteiger partial charge in [-0.3, -0.25) is 9.59 Å². The summed E-state index contributed by atoms with van der Waals surface area (Å²) in [6, 6.07) is 3.23. The highest BCUT2D eigenvalue weighted by atomic mass is 16.5. The van der Waals surface area contributed by atoms with Crippen LogP contribution in [0, 0.1) is 0 Å². The van der Waals surface area contributed by atoms with Gasteiger partial charge in [0.25, 0.3) is 0 Å². The molecule has 1 unspecified atom stereocenters. The summed E-state index contributed by atoms with van der Waals surface area (Å²) in [5.74, 6) is 0.257. The van der Waals surface area contributed by atoms with Gasteiger partial charge in [0, 0.05) is 12.7 Å². The third-order valence-corrected chi connectivity index (χ3v) is 2.99. The Labute approximate surface area is 106 Å². The van der Waals surface area contributed by atoms with Crippen molar-refractivity contribution in [1.82, 2.24) is 0 Å². The topological polar surface area (TPSA) is 72.6 Å². The summed E-state index contributed by atoms with van der Waals surface area (Å²) in [6.07, 6.45) is 0.0190. The van der Waals surface area contributed by atoms with E-state index in [0.29, 0.717) is 22.7 Å². The molecule has 5 heteroatoms. The molecule has 0 spiro atoms. The molecule has 2 N–H and O–H groups in total. The summed E-state index contributed by atoms with van der Waals surface area (Å²) in [4.78, 5) is 25.0. The van der Waals surface area contributed by atoms with Crippen LogP contribution < -0.4 is 15.4 Å². The minimum absolute atomic E-state index is 0.0543. The van der Waals surface area contributed by atoms with Crippen molar-refractivity contribution in [2.75, 3.05) is 17.7 Å². The van der Waals surface area contributed by atoms with Crippen LogP contribution in [0.25, 0.3) is 0 Å². The van der Waals surface area contributed by atoms with E-state index in [4.69, 9.17) is 10.5 Å². The maximum absolute atomic E-state index is 11.9. The Balaban J connectivity index is 2.67. The Hall–Kier alpha value is -2.04. The highest BCUT2D eigenvalue weighted by molar-refractivity contribution is 6.03. The quantitative estimate of drug-likeness (QED) is 0.605. The first-order valence-corrected chi connectivity index (χ1v) is 5.78. The lowest BCUT2D eigenvalue weighted by molar-refractivity contribution is -0.119. The second-order valence-corrected chi connectivity index (χ2v) is 4.56. The molecule has 5 nitrogen and oxygen atoms in total. The van der Waals surface area contributed by atoms with E-state index in [-0.39, 0.29) is 24.2 Å². The van der Waals surface area contributed by atoms with E-state index in [0.717, 1.165) is 0 Å². The van der Waals surface area contributed by atoms with E-state index in [9.17, 15) is 9.59 Å². The first kappa shape index (κ1) is 12.4. The maximum atomic E-state index is 11.9. The molecule has 1 heterocycles. The molecular formula is C13H16N2O3. The minimum atomic E-state index is -0.261. The van der Waals surface area contributed by atoms with Crippen molar-refractivity contribution in [2.24, 2.45) is 0 Å². The molecule has 0 radical (unpaired) electrons. The van der Waals surface area contributed by atoms with E-state index in [2.05, 4.69) is 0 Å². The predicted molar refractivity (Wildman–Crippen MR) is 69.0 cm³/mol. The summed E-state index contributed by atoms with van der Waals surface area (Å²) in [6.45, 7) is 3.26. The number of hydrogen-bond acceptors (Lipinski definition) is 4. The van der Waals surface area contributed by atoms with Gasteiger partial charge in [-0.15, -0.1) is 0 Å². The number of nitrogens with zero attached hydrogens (tertiary/aromatic N) is 1. The highest BCUT2D eigenvalue weighted by Crippen LogP contribution is 2.37. The summed E-state index contributed by atoms with van der Waals surface area (Å²) in [7, 11) is 1.66. The summed E-state index contributed by atoms with van der Waals surface area (Å²) in [5, 5.41) is 0. The molecule has 0 aromatic heterocycles. The molecule has 0 aliphatic carbocycles. The van der Waals surface area contributed by atoms with E-state index in [1.807, 2.05) is 0 Å². The van der Waals surface area contributed by atoms with E-state index < -0.39 is 0 Å². The number of benzene rings is 1. The standard InChI is InChI=1S/C13H16N2O3/c1-7-4-12(17)15(3)11-6-9(14)5-10(8(2)16)13(11)18-7/h5-7H,4,14H2,1-3H3. The number of hydrogen-bond donors (Lipinski definition) is 1. The van der Waals surface area contributed by atoms with Gasteiger partial charge in [-0.25, -0.2) is 0 Å². The van der Waals surface area contributed by atoms with Crippen molar-refractivity contribution >= 4 is 23.1 Å². The Morgan fingerprint density at radius 2 is 2.17 bits per heavy atom. The number of Topliss-reactive ketones (excluding diaryl/α,β-unsaturated/α-hetero) is 1. The second kappa shape index (κ2) is 4.33. The van der Waals surface area contributed by atoms with Crippen LogP contribution in [0.5, 0.6) is 5.75 Å². The minimum Gasteiger partial charge on any atom is -0.487 e. The number of ketones is 1. The molecule has 0 bridgehead atoms. The van der Waals surface area contributed by atoms with Crippen molar-refractivity contribution < 1.29 is 14.3 Å². The number of carbonyl (C=O) groups excluding carboxylic acids is 2.